The fraction of sp³-hybridized carbons (Fsp3) is 0.167. The molecule has 1 amide bonds. The van der Waals surface area contributed by atoms with Crippen LogP contribution in [0.15, 0.2) is 42.5 Å². The van der Waals surface area contributed by atoms with Gasteiger partial charge in [-0.15, -0.1) is 0 Å². The number of carbonyl (C=O) groups is 3. The third kappa shape index (κ3) is 5.35. The standard InChI is InChI=1S/C18H15ClN2O6/c1-2-17(23)20-12-5-3-11(4-6-12)16(22)10-27-18(24)14-8-7-13(21(25)26)9-15(14)19/h3-9H,2,10H2,1H3,(H,20,23). The Kier molecular flexibility index (Phi) is 6.62. The van der Waals surface area contributed by atoms with Gasteiger partial charge in [0.05, 0.1) is 15.5 Å². The number of esters is 1. The van der Waals surface area contributed by atoms with Gasteiger partial charge in [0, 0.05) is 29.8 Å². The predicted octanol–water partition coefficient (Wildman–Crippen LogP) is 3.64. The zero-order valence-corrected chi connectivity index (χ0v) is 15.0. The minimum absolute atomic E-state index is 0.0762. The van der Waals surface area contributed by atoms with E-state index in [9.17, 15) is 24.5 Å². The maximum atomic E-state index is 12.1. The van der Waals surface area contributed by atoms with Gasteiger partial charge in [0.25, 0.3) is 5.69 Å². The molecule has 0 radical (unpaired) electrons. The monoisotopic (exact) mass is 390 g/mol. The van der Waals surface area contributed by atoms with Crippen LogP contribution in [0.2, 0.25) is 5.02 Å². The number of nitro groups is 1. The van der Waals surface area contributed by atoms with Gasteiger partial charge >= 0.3 is 5.97 Å². The van der Waals surface area contributed by atoms with E-state index in [-0.39, 0.29) is 22.2 Å². The lowest BCUT2D eigenvalue weighted by molar-refractivity contribution is -0.384. The number of nitrogens with zero attached hydrogens (tertiary/aromatic N) is 1. The van der Waals surface area contributed by atoms with Crippen molar-refractivity contribution in [2.45, 2.75) is 13.3 Å². The third-order valence-corrected chi connectivity index (χ3v) is 3.84. The number of nitrogens with one attached hydrogen (secondary N) is 1. The molecule has 0 fully saturated rings. The third-order valence-electron chi connectivity index (χ3n) is 3.53. The summed E-state index contributed by atoms with van der Waals surface area (Å²) in [5.41, 5.74) is 0.510. The lowest BCUT2D eigenvalue weighted by Gasteiger charge is -2.07. The van der Waals surface area contributed by atoms with E-state index < -0.39 is 23.3 Å². The number of ketones is 1. The van der Waals surface area contributed by atoms with Crippen LogP contribution in [0.1, 0.15) is 34.1 Å². The molecule has 2 aromatic rings. The molecule has 27 heavy (non-hydrogen) atoms. The second-order valence-electron chi connectivity index (χ2n) is 5.40. The summed E-state index contributed by atoms with van der Waals surface area (Å²) in [7, 11) is 0. The van der Waals surface area contributed by atoms with Crippen molar-refractivity contribution in [2.75, 3.05) is 11.9 Å². The van der Waals surface area contributed by atoms with Crippen LogP contribution in [0.3, 0.4) is 0 Å². The van der Waals surface area contributed by atoms with E-state index in [0.717, 1.165) is 12.1 Å². The first kappa shape index (κ1) is 20.1. The zero-order valence-electron chi connectivity index (χ0n) is 14.2. The van der Waals surface area contributed by atoms with Crippen LogP contribution in [0.25, 0.3) is 0 Å². The number of hydrogen-bond donors (Lipinski definition) is 1. The minimum atomic E-state index is -0.866. The Morgan fingerprint density at radius 3 is 2.37 bits per heavy atom. The van der Waals surface area contributed by atoms with Gasteiger partial charge in [-0.25, -0.2) is 4.79 Å². The molecule has 0 aliphatic heterocycles. The van der Waals surface area contributed by atoms with Crippen LogP contribution in [-0.2, 0) is 9.53 Å². The Morgan fingerprint density at radius 2 is 1.81 bits per heavy atom. The fourth-order valence-corrected chi connectivity index (χ4v) is 2.32. The van der Waals surface area contributed by atoms with E-state index in [0.29, 0.717) is 17.7 Å². The van der Waals surface area contributed by atoms with Gasteiger partial charge in [0.15, 0.2) is 12.4 Å². The lowest BCUT2D eigenvalue weighted by Crippen LogP contribution is -2.15. The first-order valence-electron chi connectivity index (χ1n) is 7.86. The maximum absolute atomic E-state index is 12.1. The number of amides is 1. The van der Waals surface area contributed by atoms with Crippen molar-refractivity contribution in [3.63, 3.8) is 0 Å². The first-order chi connectivity index (χ1) is 12.8. The SMILES string of the molecule is CCC(=O)Nc1ccc(C(=O)COC(=O)c2ccc([N+](=O)[O-])cc2Cl)cc1. The number of carbonyl (C=O) groups excluding carboxylic acids is 3. The fourth-order valence-electron chi connectivity index (χ4n) is 2.06. The molecule has 0 aliphatic rings. The summed E-state index contributed by atoms with van der Waals surface area (Å²) in [4.78, 5) is 45.5. The van der Waals surface area contributed by atoms with Crippen LogP contribution in [0, 0.1) is 10.1 Å². The lowest BCUT2D eigenvalue weighted by atomic mass is 10.1. The molecule has 140 valence electrons. The number of nitro benzene ring substituents is 1. The van der Waals surface area contributed by atoms with Crippen molar-refractivity contribution in [2.24, 2.45) is 0 Å². The van der Waals surface area contributed by atoms with Gasteiger partial charge in [-0.3, -0.25) is 19.7 Å². The summed E-state index contributed by atoms with van der Waals surface area (Å²) in [6, 6.07) is 9.45. The van der Waals surface area contributed by atoms with Crippen molar-refractivity contribution in [1.82, 2.24) is 0 Å². The van der Waals surface area contributed by atoms with Gasteiger partial charge in [-0.1, -0.05) is 18.5 Å². The second kappa shape index (κ2) is 8.91. The molecule has 1 N–H and O–H groups in total. The van der Waals surface area contributed by atoms with Crippen LogP contribution in [0.5, 0.6) is 0 Å². The van der Waals surface area contributed by atoms with Crippen LogP contribution in [-0.4, -0.2) is 29.2 Å². The number of rotatable bonds is 7. The number of benzene rings is 2. The highest BCUT2D eigenvalue weighted by Crippen LogP contribution is 2.23. The normalized spacial score (nSPS) is 10.1. The van der Waals surface area contributed by atoms with Crippen molar-refractivity contribution < 1.29 is 24.0 Å². The molecule has 0 atom stereocenters. The molecule has 0 saturated carbocycles. The summed E-state index contributed by atoms with van der Waals surface area (Å²) in [6.45, 7) is 1.20. The molecule has 8 nitrogen and oxygen atoms in total. The van der Waals surface area contributed by atoms with Gasteiger partial charge in [-0.05, 0) is 30.3 Å². The highest BCUT2D eigenvalue weighted by Gasteiger charge is 2.17. The first-order valence-corrected chi connectivity index (χ1v) is 8.23. The van der Waals surface area contributed by atoms with E-state index in [4.69, 9.17) is 16.3 Å². The van der Waals surface area contributed by atoms with Crippen molar-refractivity contribution in [3.05, 3.63) is 68.7 Å². The van der Waals surface area contributed by atoms with Crippen LogP contribution >= 0.6 is 11.6 Å². The Hall–Kier alpha value is -3.26. The molecule has 2 aromatic carbocycles. The van der Waals surface area contributed by atoms with Crippen molar-refractivity contribution >= 4 is 40.6 Å². The highest BCUT2D eigenvalue weighted by molar-refractivity contribution is 6.33. The molecule has 9 heteroatoms. The number of halogens is 1. The molecule has 0 aromatic heterocycles. The van der Waals surface area contributed by atoms with Crippen molar-refractivity contribution in [3.8, 4) is 0 Å². The molecule has 0 unspecified atom stereocenters. The number of anilines is 1. The minimum Gasteiger partial charge on any atom is -0.454 e. The summed E-state index contributed by atoms with van der Waals surface area (Å²) in [5.74, 6) is -1.46. The summed E-state index contributed by atoms with van der Waals surface area (Å²) >= 11 is 5.85. The van der Waals surface area contributed by atoms with E-state index >= 15 is 0 Å². The number of ether oxygens (including phenoxy) is 1. The van der Waals surface area contributed by atoms with Gasteiger partial charge in [0.2, 0.25) is 5.91 Å². The Morgan fingerprint density at radius 1 is 1.15 bits per heavy atom. The van der Waals surface area contributed by atoms with Gasteiger partial charge < -0.3 is 10.1 Å². The van der Waals surface area contributed by atoms with E-state index in [2.05, 4.69) is 5.32 Å². The predicted molar refractivity (Wildman–Crippen MR) is 98.1 cm³/mol. The van der Waals surface area contributed by atoms with Gasteiger partial charge in [0.1, 0.15) is 0 Å². The molecular formula is C18H15ClN2O6. The smallest absolute Gasteiger partial charge is 0.340 e. The summed E-state index contributed by atoms with van der Waals surface area (Å²) < 4.78 is 4.93. The van der Waals surface area contributed by atoms with E-state index in [1.165, 1.54) is 18.2 Å². The Balaban J connectivity index is 1.97. The number of hydrogen-bond acceptors (Lipinski definition) is 6. The topological polar surface area (TPSA) is 116 Å². The molecule has 0 aliphatic carbocycles. The molecular weight excluding hydrogens is 376 g/mol. The Labute approximate surface area is 159 Å². The molecule has 2 rings (SSSR count). The quantitative estimate of drug-likeness (QED) is 0.334. The summed E-state index contributed by atoms with van der Waals surface area (Å²) in [6.07, 6.45) is 0.335. The number of Topliss-reactive ketones (excluding diaryl/α,β-unsaturated/α-hetero) is 1. The largest absolute Gasteiger partial charge is 0.454 e. The second-order valence-corrected chi connectivity index (χ2v) is 5.81. The molecule has 0 bridgehead atoms. The van der Waals surface area contributed by atoms with E-state index in [1.54, 1.807) is 19.1 Å². The molecule has 0 spiro atoms. The van der Waals surface area contributed by atoms with Crippen LogP contribution < -0.4 is 5.32 Å². The van der Waals surface area contributed by atoms with Gasteiger partial charge in [-0.2, -0.15) is 0 Å². The maximum Gasteiger partial charge on any atom is 0.340 e. The average Bonchev–Trinajstić information content (AvgIpc) is 2.66. The summed E-state index contributed by atoms with van der Waals surface area (Å²) in [5, 5.41) is 13.2. The van der Waals surface area contributed by atoms with Crippen LogP contribution in [0.4, 0.5) is 11.4 Å². The molecule has 0 heterocycles. The highest BCUT2D eigenvalue weighted by atomic mass is 35.5. The molecule has 0 saturated heterocycles. The average molecular weight is 391 g/mol. The number of non-ortho nitro benzene ring substituents is 1. The van der Waals surface area contributed by atoms with E-state index in [1.807, 2.05) is 0 Å². The Bertz CT molecular complexity index is 895. The zero-order chi connectivity index (χ0) is 20.0. The van der Waals surface area contributed by atoms with Crippen molar-refractivity contribution in [1.29, 1.82) is 0 Å².